The number of methoxy groups -OCH3 is 1. The number of benzene rings is 3. The number of anilines is 1. The van der Waals surface area contributed by atoms with Gasteiger partial charge in [0.15, 0.2) is 0 Å². The molecule has 0 unspecified atom stereocenters. The summed E-state index contributed by atoms with van der Waals surface area (Å²) in [6.07, 6.45) is 1.58. The van der Waals surface area contributed by atoms with Crippen molar-refractivity contribution in [3.63, 3.8) is 0 Å². The number of ether oxygens (including phenoxy) is 2. The molecule has 0 saturated heterocycles. The summed E-state index contributed by atoms with van der Waals surface area (Å²) in [5.41, 5.74) is 5.37. The average molecular weight is 405 g/mol. The molecule has 3 aromatic rings. The van der Waals surface area contributed by atoms with E-state index in [1.54, 1.807) is 42.6 Å². The Hall–Kier alpha value is -4.20. The van der Waals surface area contributed by atoms with Crippen LogP contribution in [0.15, 0.2) is 77.9 Å². The van der Waals surface area contributed by atoms with Crippen molar-refractivity contribution in [2.75, 3.05) is 12.5 Å². The van der Waals surface area contributed by atoms with Crippen LogP contribution in [0.25, 0.3) is 0 Å². The molecular weight excluding hydrogens is 386 g/mol. The zero-order chi connectivity index (χ0) is 21.3. The lowest BCUT2D eigenvalue weighted by Gasteiger charge is -2.09. The zero-order valence-electron chi connectivity index (χ0n) is 16.1. The van der Waals surface area contributed by atoms with Gasteiger partial charge in [-0.25, -0.2) is 4.79 Å². The van der Waals surface area contributed by atoms with E-state index in [2.05, 4.69) is 15.3 Å². The molecule has 0 amide bonds. The number of nitrogens with one attached hydrogen (secondary N) is 1. The predicted molar refractivity (Wildman–Crippen MR) is 113 cm³/mol. The number of nitro benzene ring substituents is 1. The Labute approximate surface area is 172 Å². The lowest BCUT2D eigenvalue weighted by molar-refractivity contribution is -0.384. The van der Waals surface area contributed by atoms with Gasteiger partial charge in [-0.2, -0.15) is 5.10 Å². The minimum absolute atomic E-state index is 0.0165. The van der Waals surface area contributed by atoms with Gasteiger partial charge in [0.25, 0.3) is 5.69 Å². The van der Waals surface area contributed by atoms with Crippen LogP contribution >= 0.6 is 0 Å². The molecule has 0 aromatic heterocycles. The number of hydrogen-bond acceptors (Lipinski definition) is 7. The summed E-state index contributed by atoms with van der Waals surface area (Å²) in [4.78, 5) is 21.9. The fourth-order valence-corrected chi connectivity index (χ4v) is 2.60. The molecule has 0 aliphatic rings. The Morgan fingerprint density at radius 1 is 1.10 bits per heavy atom. The standard InChI is InChI=1S/C22H19N3O5/c1-29-22(26)17-11-9-16(10-12-17)15-30-21-8-3-2-5-18(21)14-23-24-19-6-4-7-20(13-19)25(27)28/h2-14,24H,15H2,1H3/b23-14+. The third kappa shape index (κ3) is 5.41. The fraction of sp³-hybridized carbons (Fsp3) is 0.0909. The normalized spacial score (nSPS) is 10.6. The van der Waals surface area contributed by atoms with Crippen molar-refractivity contribution >= 4 is 23.6 Å². The van der Waals surface area contributed by atoms with Gasteiger partial charge in [-0.3, -0.25) is 15.5 Å². The molecule has 1 N–H and O–H groups in total. The highest BCUT2D eigenvalue weighted by atomic mass is 16.6. The van der Waals surface area contributed by atoms with Crippen molar-refractivity contribution in [3.05, 3.63) is 99.6 Å². The molecule has 0 atom stereocenters. The van der Waals surface area contributed by atoms with Crippen LogP contribution in [0.1, 0.15) is 21.5 Å². The minimum atomic E-state index is -0.463. The van der Waals surface area contributed by atoms with Gasteiger partial charge >= 0.3 is 5.97 Å². The number of esters is 1. The molecule has 30 heavy (non-hydrogen) atoms. The van der Waals surface area contributed by atoms with Crippen molar-refractivity contribution < 1.29 is 19.2 Å². The monoisotopic (exact) mass is 405 g/mol. The molecule has 0 aliphatic carbocycles. The molecule has 0 saturated carbocycles. The van der Waals surface area contributed by atoms with E-state index < -0.39 is 4.92 Å². The molecule has 0 fully saturated rings. The highest BCUT2D eigenvalue weighted by Crippen LogP contribution is 2.19. The summed E-state index contributed by atoms with van der Waals surface area (Å²) in [6.45, 7) is 0.310. The maximum absolute atomic E-state index is 11.5. The predicted octanol–water partition coefficient (Wildman–Crippen LogP) is 4.41. The van der Waals surface area contributed by atoms with Gasteiger partial charge in [0.2, 0.25) is 0 Å². The van der Waals surface area contributed by atoms with Crippen LogP contribution in [0.4, 0.5) is 11.4 Å². The lowest BCUT2D eigenvalue weighted by Crippen LogP contribution is -2.02. The molecule has 3 aromatic carbocycles. The molecule has 0 spiro atoms. The number of hydrazone groups is 1. The third-order valence-corrected chi connectivity index (χ3v) is 4.14. The molecule has 152 valence electrons. The average Bonchev–Trinajstić information content (AvgIpc) is 2.78. The summed E-state index contributed by atoms with van der Waals surface area (Å²) >= 11 is 0. The molecular formula is C22H19N3O5. The number of carbonyl (C=O) groups excluding carboxylic acids is 1. The lowest BCUT2D eigenvalue weighted by atomic mass is 10.1. The van der Waals surface area contributed by atoms with E-state index in [0.29, 0.717) is 23.6 Å². The summed E-state index contributed by atoms with van der Waals surface area (Å²) < 4.78 is 10.6. The first kappa shape index (κ1) is 20.5. The van der Waals surface area contributed by atoms with Gasteiger partial charge < -0.3 is 9.47 Å². The minimum Gasteiger partial charge on any atom is -0.488 e. The van der Waals surface area contributed by atoms with E-state index in [1.165, 1.54) is 19.2 Å². The van der Waals surface area contributed by atoms with Crippen molar-refractivity contribution in [1.82, 2.24) is 0 Å². The van der Waals surface area contributed by atoms with Gasteiger partial charge in [-0.15, -0.1) is 0 Å². The summed E-state index contributed by atoms with van der Waals surface area (Å²) in [7, 11) is 1.34. The van der Waals surface area contributed by atoms with Crippen molar-refractivity contribution in [1.29, 1.82) is 0 Å². The van der Waals surface area contributed by atoms with Crippen molar-refractivity contribution in [3.8, 4) is 5.75 Å². The molecule has 0 heterocycles. The molecule has 8 heteroatoms. The van der Waals surface area contributed by atoms with Crippen molar-refractivity contribution in [2.45, 2.75) is 6.61 Å². The van der Waals surface area contributed by atoms with Gasteiger partial charge in [0, 0.05) is 17.7 Å². The number of rotatable bonds is 8. The van der Waals surface area contributed by atoms with E-state index in [0.717, 1.165) is 11.1 Å². The molecule has 0 bridgehead atoms. The highest BCUT2D eigenvalue weighted by Gasteiger charge is 2.07. The van der Waals surface area contributed by atoms with Gasteiger partial charge in [0.1, 0.15) is 12.4 Å². The van der Waals surface area contributed by atoms with Gasteiger partial charge in [-0.1, -0.05) is 30.3 Å². The van der Waals surface area contributed by atoms with Crippen molar-refractivity contribution in [2.24, 2.45) is 5.10 Å². The summed E-state index contributed by atoms with van der Waals surface area (Å²) in [5, 5.41) is 15.0. The van der Waals surface area contributed by atoms with E-state index in [1.807, 2.05) is 24.3 Å². The van der Waals surface area contributed by atoms with Gasteiger partial charge in [0.05, 0.1) is 29.5 Å². The first-order valence-electron chi connectivity index (χ1n) is 8.99. The second kappa shape index (κ2) is 9.83. The molecule has 3 rings (SSSR count). The molecule has 8 nitrogen and oxygen atoms in total. The number of para-hydroxylation sites is 1. The Bertz CT molecular complexity index is 1060. The van der Waals surface area contributed by atoms with E-state index in [-0.39, 0.29) is 11.7 Å². The fourth-order valence-electron chi connectivity index (χ4n) is 2.60. The van der Waals surface area contributed by atoms with Crippen LogP contribution in [0.5, 0.6) is 5.75 Å². The Kier molecular flexibility index (Phi) is 6.73. The second-order valence-electron chi connectivity index (χ2n) is 6.19. The van der Waals surface area contributed by atoms with Crippen LogP contribution in [-0.2, 0) is 11.3 Å². The topological polar surface area (TPSA) is 103 Å². The van der Waals surface area contributed by atoms with Crippen LogP contribution in [0, 0.1) is 10.1 Å². The maximum Gasteiger partial charge on any atom is 0.337 e. The number of hydrogen-bond donors (Lipinski definition) is 1. The van der Waals surface area contributed by atoms with E-state index in [4.69, 9.17) is 4.74 Å². The number of nitrogens with zero attached hydrogens (tertiary/aromatic N) is 2. The second-order valence-corrected chi connectivity index (χ2v) is 6.19. The highest BCUT2D eigenvalue weighted by molar-refractivity contribution is 5.89. The van der Waals surface area contributed by atoms with Gasteiger partial charge in [-0.05, 0) is 35.9 Å². The first-order valence-corrected chi connectivity index (χ1v) is 8.99. The first-order chi connectivity index (χ1) is 14.6. The molecule has 0 radical (unpaired) electrons. The zero-order valence-corrected chi connectivity index (χ0v) is 16.1. The SMILES string of the molecule is COC(=O)c1ccc(COc2ccccc2/C=N/Nc2cccc([N+](=O)[O-])c2)cc1. The Morgan fingerprint density at radius 2 is 1.87 bits per heavy atom. The van der Waals surface area contributed by atoms with Crippen LogP contribution in [0.2, 0.25) is 0 Å². The number of nitro groups is 1. The summed E-state index contributed by atoms with van der Waals surface area (Å²) in [6, 6.07) is 20.4. The van der Waals surface area contributed by atoms with E-state index >= 15 is 0 Å². The number of non-ortho nitro benzene ring substituents is 1. The van der Waals surface area contributed by atoms with Crippen LogP contribution in [-0.4, -0.2) is 24.2 Å². The smallest absolute Gasteiger partial charge is 0.337 e. The quantitative estimate of drug-likeness (QED) is 0.258. The summed E-state index contributed by atoms with van der Waals surface area (Å²) in [5.74, 6) is 0.236. The van der Waals surface area contributed by atoms with Crippen LogP contribution < -0.4 is 10.2 Å². The van der Waals surface area contributed by atoms with Crippen LogP contribution in [0.3, 0.4) is 0 Å². The molecule has 0 aliphatic heterocycles. The largest absolute Gasteiger partial charge is 0.488 e. The Balaban J connectivity index is 1.64. The third-order valence-electron chi connectivity index (χ3n) is 4.14. The maximum atomic E-state index is 11.5. The van der Waals surface area contributed by atoms with E-state index in [9.17, 15) is 14.9 Å². The Morgan fingerprint density at radius 3 is 2.60 bits per heavy atom. The number of carbonyl (C=O) groups is 1.